The van der Waals surface area contributed by atoms with E-state index in [1.54, 1.807) is 28.0 Å². The molecule has 130 valence electrons. The van der Waals surface area contributed by atoms with Crippen LogP contribution in [0.25, 0.3) is 0 Å². The Balaban J connectivity index is 1.72. The van der Waals surface area contributed by atoms with Gasteiger partial charge in [-0.3, -0.25) is 9.69 Å². The molecule has 0 bridgehead atoms. The van der Waals surface area contributed by atoms with Crippen LogP contribution in [0.3, 0.4) is 0 Å². The molecule has 2 fully saturated rings. The molecule has 1 aromatic carbocycles. The highest BCUT2D eigenvalue weighted by molar-refractivity contribution is 5.95. The van der Waals surface area contributed by atoms with E-state index in [-0.39, 0.29) is 18.0 Å². The number of piperazine rings is 1. The first-order valence-corrected chi connectivity index (χ1v) is 7.87. The quantitative estimate of drug-likeness (QED) is 0.832. The minimum absolute atomic E-state index is 0.0655. The fourth-order valence-electron chi connectivity index (χ4n) is 2.94. The topological polar surface area (TPSA) is 94.3 Å². The number of rotatable bonds is 5. The Morgan fingerprint density at radius 3 is 2.96 bits per heavy atom. The van der Waals surface area contributed by atoms with Crippen molar-refractivity contribution in [3.05, 3.63) is 23.8 Å². The molecule has 2 amide bonds. The first-order chi connectivity index (χ1) is 11.6. The lowest BCUT2D eigenvalue weighted by atomic mass is 10.1. The van der Waals surface area contributed by atoms with Crippen LogP contribution in [-0.4, -0.2) is 74.3 Å². The molecule has 1 atom stereocenters. The van der Waals surface area contributed by atoms with Crippen LogP contribution in [0.15, 0.2) is 18.2 Å². The number of carbonyl (C=O) groups excluding carboxylic acids is 2. The van der Waals surface area contributed by atoms with Crippen LogP contribution in [0.4, 0.5) is 4.79 Å². The van der Waals surface area contributed by atoms with Crippen molar-refractivity contribution in [1.82, 2.24) is 9.80 Å². The van der Waals surface area contributed by atoms with Gasteiger partial charge in [0.15, 0.2) is 11.5 Å². The van der Waals surface area contributed by atoms with E-state index in [2.05, 4.69) is 0 Å². The molecule has 8 nitrogen and oxygen atoms in total. The lowest BCUT2D eigenvalue weighted by molar-refractivity contribution is 0.0616. The summed E-state index contributed by atoms with van der Waals surface area (Å²) in [5.41, 5.74) is 5.95. The van der Waals surface area contributed by atoms with Gasteiger partial charge >= 0.3 is 6.09 Å². The first-order valence-electron chi connectivity index (χ1n) is 7.87. The molecule has 0 aromatic heterocycles. The molecule has 2 saturated heterocycles. The van der Waals surface area contributed by atoms with Crippen molar-refractivity contribution in [2.45, 2.75) is 6.04 Å². The van der Waals surface area contributed by atoms with Gasteiger partial charge in [0.25, 0.3) is 5.91 Å². The van der Waals surface area contributed by atoms with E-state index in [0.717, 1.165) is 0 Å². The molecule has 24 heavy (non-hydrogen) atoms. The number of hydrogen-bond donors (Lipinski definition) is 1. The van der Waals surface area contributed by atoms with Gasteiger partial charge in [-0.2, -0.15) is 0 Å². The third-order valence-electron chi connectivity index (χ3n) is 4.19. The highest BCUT2D eigenvalue weighted by Crippen LogP contribution is 2.29. The predicted octanol–water partition coefficient (Wildman–Crippen LogP) is 0.309. The summed E-state index contributed by atoms with van der Waals surface area (Å²) in [6, 6.07) is 5.01. The maximum Gasteiger partial charge on any atom is 0.410 e. The monoisotopic (exact) mass is 335 g/mol. The Bertz CT molecular complexity index is 636. The van der Waals surface area contributed by atoms with Gasteiger partial charge in [0.1, 0.15) is 13.2 Å². The zero-order valence-electron chi connectivity index (χ0n) is 13.6. The van der Waals surface area contributed by atoms with Crippen LogP contribution in [0, 0.1) is 0 Å². The number of amides is 2. The number of fused-ring (bicyclic) bond motifs is 1. The number of cyclic esters (lactones) is 1. The van der Waals surface area contributed by atoms with Crippen molar-refractivity contribution in [1.29, 1.82) is 0 Å². The van der Waals surface area contributed by atoms with Gasteiger partial charge in [0.2, 0.25) is 0 Å². The average molecular weight is 335 g/mol. The first kappa shape index (κ1) is 16.4. The second kappa shape index (κ2) is 6.96. The summed E-state index contributed by atoms with van der Waals surface area (Å²) in [7, 11) is 1.53. The third-order valence-corrected chi connectivity index (χ3v) is 4.19. The van der Waals surface area contributed by atoms with Crippen LogP contribution in [-0.2, 0) is 4.74 Å². The summed E-state index contributed by atoms with van der Waals surface area (Å²) in [4.78, 5) is 27.7. The number of ether oxygens (including phenoxy) is 3. The molecule has 0 spiro atoms. The lowest BCUT2D eigenvalue weighted by Crippen LogP contribution is -2.53. The van der Waals surface area contributed by atoms with Gasteiger partial charge < -0.3 is 24.8 Å². The standard InChI is InChI=1S/C16H21N3O5/c1-22-14-8-11(2-3-13(14)23-7-4-17)15(20)18-5-6-19-12(9-18)10-24-16(19)21/h2-3,8,12H,4-7,9-10,17H2,1H3/t12-/m0/s1. The predicted molar refractivity (Wildman–Crippen MR) is 85.3 cm³/mol. The minimum Gasteiger partial charge on any atom is -0.493 e. The second-order valence-electron chi connectivity index (χ2n) is 5.68. The molecule has 8 heteroatoms. The van der Waals surface area contributed by atoms with Crippen molar-refractivity contribution in [3.63, 3.8) is 0 Å². The fraction of sp³-hybridized carbons (Fsp3) is 0.500. The summed E-state index contributed by atoms with van der Waals surface area (Å²) >= 11 is 0. The van der Waals surface area contributed by atoms with E-state index < -0.39 is 0 Å². The van der Waals surface area contributed by atoms with Crippen molar-refractivity contribution in [2.75, 3.05) is 46.5 Å². The Hall–Kier alpha value is -2.48. The van der Waals surface area contributed by atoms with Crippen LogP contribution >= 0.6 is 0 Å². The molecule has 2 N–H and O–H groups in total. The number of hydrogen-bond acceptors (Lipinski definition) is 6. The van der Waals surface area contributed by atoms with E-state index in [4.69, 9.17) is 19.9 Å². The largest absolute Gasteiger partial charge is 0.493 e. The molecule has 0 saturated carbocycles. The minimum atomic E-state index is -0.296. The van der Waals surface area contributed by atoms with E-state index in [1.807, 2.05) is 0 Å². The molecule has 2 aliphatic rings. The summed E-state index contributed by atoms with van der Waals surface area (Å²) < 4.78 is 15.8. The Labute approximate surface area is 140 Å². The van der Waals surface area contributed by atoms with Crippen molar-refractivity contribution >= 4 is 12.0 Å². The Morgan fingerprint density at radius 2 is 2.21 bits per heavy atom. The maximum atomic E-state index is 12.7. The highest BCUT2D eigenvalue weighted by atomic mass is 16.6. The lowest BCUT2D eigenvalue weighted by Gasteiger charge is -2.35. The molecule has 0 unspecified atom stereocenters. The number of nitrogens with zero attached hydrogens (tertiary/aromatic N) is 2. The molecule has 0 aliphatic carbocycles. The zero-order valence-corrected chi connectivity index (χ0v) is 13.6. The molecular formula is C16H21N3O5. The van der Waals surface area contributed by atoms with Gasteiger partial charge in [0.05, 0.1) is 13.2 Å². The summed E-state index contributed by atoms with van der Waals surface area (Å²) in [5, 5.41) is 0. The highest BCUT2D eigenvalue weighted by Gasteiger charge is 2.38. The van der Waals surface area contributed by atoms with E-state index >= 15 is 0 Å². The van der Waals surface area contributed by atoms with Gasteiger partial charge in [-0.25, -0.2) is 4.79 Å². The maximum absolute atomic E-state index is 12.7. The van der Waals surface area contributed by atoms with Gasteiger partial charge in [-0.15, -0.1) is 0 Å². The zero-order chi connectivity index (χ0) is 17.1. The number of methoxy groups -OCH3 is 1. The number of benzene rings is 1. The molecular weight excluding hydrogens is 314 g/mol. The Morgan fingerprint density at radius 1 is 1.38 bits per heavy atom. The summed E-state index contributed by atoms with van der Waals surface area (Å²) in [6.07, 6.45) is -0.296. The normalized spacial score (nSPS) is 19.8. The third kappa shape index (κ3) is 3.09. The average Bonchev–Trinajstić information content (AvgIpc) is 2.99. The van der Waals surface area contributed by atoms with Crippen molar-refractivity contribution < 1.29 is 23.8 Å². The molecule has 0 radical (unpaired) electrons. The second-order valence-corrected chi connectivity index (χ2v) is 5.68. The van der Waals surface area contributed by atoms with Crippen LogP contribution in [0.2, 0.25) is 0 Å². The SMILES string of the molecule is COc1cc(C(=O)N2CCN3C(=O)OC[C@@H]3C2)ccc1OCCN. The number of nitrogens with two attached hydrogens (primary N) is 1. The van der Waals surface area contributed by atoms with Crippen LogP contribution in [0.1, 0.15) is 10.4 Å². The summed E-state index contributed by atoms with van der Waals surface area (Å²) in [5.74, 6) is 0.948. The van der Waals surface area contributed by atoms with Crippen LogP contribution in [0.5, 0.6) is 11.5 Å². The van der Waals surface area contributed by atoms with Crippen molar-refractivity contribution in [2.24, 2.45) is 5.73 Å². The van der Waals surface area contributed by atoms with E-state index in [0.29, 0.717) is 56.5 Å². The molecule has 3 rings (SSSR count). The molecule has 1 aromatic rings. The van der Waals surface area contributed by atoms with E-state index in [1.165, 1.54) is 7.11 Å². The van der Waals surface area contributed by atoms with E-state index in [9.17, 15) is 9.59 Å². The van der Waals surface area contributed by atoms with Crippen molar-refractivity contribution in [3.8, 4) is 11.5 Å². The Kier molecular flexibility index (Phi) is 4.75. The van der Waals surface area contributed by atoms with Gasteiger partial charge in [-0.1, -0.05) is 0 Å². The van der Waals surface area contributed by atoms with Gasteiger partial charge in [-0.05, 0) is 18.2 Å². The molecule has 2 aliphatic heterocycles. The van der Waals surface area contributed by atoms with Gasteiger partial charge in [0, 0.05) is 31.7 Å². The summed E-state index contributed by atoms with van der Waals surface area (Å²) in [6.45, 7) is 2.55. The number of carbonyl (C=O) groups is 2. The van der Waals surface area contributed by atoms with Crippen LogP contribution < -0.4 is 15.2 Å². The fourth-order valence-corrected chi connectivity index (χ4v) is 2.94. The molecule has 2 heterocycles. The smallest absolute Gasteiger partial charge is 0.410 e.